The highest BCUT2D eigenvalue weighted by atomic mass is 15.1. The Morgan fingerprint density at radius 2 is 1.93 bits per heavy atom. The molecule has 1 heterocycles. The maximum atomic E-state index is 3.99. The van der Waals surface area contributed by atoms with E-state index in [2.05, 4.69) is 46.6 Å². The largest absolute Gasteiger partial charge is 0.282 e. The zero-order chi connectivity index (χ0) is 9.38. The van der Waals surface area contributed by atoms with E-state index in [0.29, 0.717) is 11.8 Å². The quantitative estimate of drug-likeness (QED) is 0.763. The van der Waals surface area contributed by atoms with Crippen LogP contribution in [0.3, 0.4) is 0 Å². The molecule has 1 fully saturated rings. The van der Waals surface area contributed by atoms with E-state index in [-0.39, 0.29) is 0 Å². The molecule has 3 rings (SSSR count). The summed E-state index contributed by atoms with van der Waals surface area (Å²) in [6, 6.07) is 12.8. The second-order valence-corrected chi connectivity index (χ2v) is 3.87. The Kier molecular flexibility index (Phi) is 1.66. The van der Waals surface area contributed by atoms with E-state index in [1.54, 1.807) is 0 Å². The highest BCUT2D eigenvalue weighted by Gasteiger charge is 2.40. The van der Waals surface area contributed by atoms with Crippen molar-refractivity contribution in [2.75, 3.05) is 0 Å². The Bertz CT molecular complexity index is 405. The molecule has 2 atom stereocenters. The molecule has 70 valence electrons. The molecule has 0 radical (unpaired) electrons. The van der Waals surface area contributed by atoms with Crippen LogP contribution in [0.4, 0.5) is 0 Å². The molecule has 0 bridgehead atoms. The Balaban J connectivity index is 1.81. The minimum Gasteiger partial charge on any atom is -0.282 e. The number of nitrogens with zero attached hydrogens (tertiary/aromatic N) is 1. The first-order valence-corrected chi connectivity index (χ1v) is 4.99. The van der Waals surface area contributed by atoms with Gasteiger partial charge in [0.05, 0.1) is 0 Å². The van der Waals surface area contributed by atoms with Gasteiger partial charge in [0.15, 0.2) is 0 Å². The molecule has 1 aromatic heterocycles. The van der Waals surface area contributed by atoms with Gasteiger partial charge in [-0.05, 0) is 24.0 Å². The van der Waals surface area contributed by atoms with Crippen LogP contribution in [-0.4, -0.2) is 10.2 Å². The number of benzene rings is 1. The summed E-state index contributed by atoms with van der Waals surface area (Å²) in [7, 11) is 0. The zero-order valence-corrected chi connectivity index (χ0v) is 7.85. The average molecular weight is 184 g/mol. The molecule has 0 aliphatic heterocycles. The molecule has 2 nitrogen and oxygen atoms in total. The Labute approximate surface area is 83.0 Å². The van der Waals surface area contributed by atoms with E-state index in [1.807, 2.05) is 6.20 Å². The van der Waals surface area contributed by atoms with Crippen molar-refractivity contribution in [1.29, 1.82) is 0 Å². The molecule has 0 amide bonds. The van der Waals surface area contributed by atoms with Gasteiger partial charge in [-0.25, -0.2) is 0 Å². The van der Waals surface area contributed by atoms with Crippen LogP contribution >= 0.6 is 0 Å². The Morgan fingerprint density at radius 3 is 2.64 bits per heavy atom. The lowest BCUT2D eigenvalue weighted by Crippen LogP contribution is -1.84. The summed E-state index contributed by atoms with van der Waals surface area (Å²) in [6.45, 7) is 0. The predicted octanol–water partition coefficient (Wildman–Crippen LogP) is 2.68. The number of aromatic amines is 1. The number of H-pyrrole nitrogens is 1. The smallest absolute Gasteiger partial charge is 0.0490 e. The molecular formula is C12H12N2. The van der Waals surface area contributed by atoms with Crippen LogP contribution in [0.15, 0.2) is 42.6 Å². The van der Waals surface area contributed by atoms with Crippen molar-refractivity contribution in [3.05, 3.63) is 53.9 Å². The Hall–Kier alpha value is -1.57. The number of rotatable bonds is 2. The molecule has 14 heavy (non-hydrogen) atoms. The highest BCUT2D eigenvalue weighted by molar-refractivity contribution is 5.32. The normalized spacial score (nSPS) is 24.9. The van der Waals surface area contributed by atoms with Gasteiger partial charge in [-0.3, -0.25) is 5.10 Å². The van der Waals surface area contributed by atoms with Gasteiger partial charge in [0.1, 0.15) is 0 Å². The molecule has 1 aliphatic carbocycles. The fourth-order valence-electron chi connectivity index (χ4n) is 2.08. The summed E-state index contributed by atoms with van der Waals surface area (Å²) in [5.41, 5.74) is 2.73. The van der Waals surface area contributed by atoms with E-state index in [1.165, 1.54) is 17.7 Å². The van der Waals surface area contributed by atoms with E-state index in [4.69, 9.17) is 0 Å². The average Bonchev–Trinajstić information content (AvgIpc) is 2.87. The van der Waals surface area contributed by atoms with Crippen LogP contribution in [0.5, 0.6) is 0 Å². The van der Waals surface area contributed by atoms with Crippen molar-refractivity contribution in [3.8, 4) is 0 Å². The van der Waals surface area contributed by atoms with E-state index in [0.717, 1.165) is 0 Å². The molecule has 1 aliphatic rings. The van der Waals surface area contributed by atoms with Crippen molar-refractivity contribution in [2.24, 2.45) is 0 Å². The second kappa shape index (κ2) is 2.98. The van der Waals surface area contributed by atoms with Crippen molar-refractivity contribution in [3.63, 3.8) is 0 Å². The summed E-state index contributed by atoms with van der Waals surface area (Å²) in [5, 5.41) is 7.04. The third-order valence-electron chi connectivity index (χ3n) is 2.94. The summed E-state index contributed by atoms with van der Waals surface area (Å²) in [6.07, 6.45) is 3.09. The third-order valence-corrected chi connectivity index (χ3v) is 2.94. The summed E-state index contributed by atoms with van der Waals surface area (Å²) >= 11 is 0. The summed E-state index contributed by atoms with van der Waals surface area (Å²) in [5.74, 6) is 1.37. The van der Waals surface area contributed by atoms with Crippen LogP contribution in [0, 0.1) is 0 Å². The summed E-state index contributed by atoms with van der Waals surface area (Å²) < 4.78 is 0. The molecule has 0 spiro atoms. The minimum atomic E-state index is 0.667. The van der Waals surface area contributed by atoms with Crippen LogP contribution < -0.4 is 0 Å². The topological polar surface area (TPSA) is 28.7 Å². The van der Waals surface area contributed by atoms with Gasteiger partial charge in [-0.1, -0.05) is 30.3 Å². The van der Waals surface area contributed by atoms with Crippen molar-refractivity contribution < 1.29 is 0 Å². The second-order valence-electron chi connectivity index (χ2n) is 3.87. The van der Waals surface area contributed by atoms with Gasteiger partial charge in [0, 0.05) is 17.8 Å². The van der Waals surface area contributed by atoms with E-state index in [9.17, 15) is 0 Å². The molecule has 0 unspecified atom stereocenters. The maximum Gasteiger partial charge on any atom is 0.0490 e. The van der Waals surface area contributed by atoms with Crippen LogP contribution in [0.2, 0.25) is 0 Å². The minimum absolute atomic E-state index is 0.667. The number of hydrogen-bond donors (Lipinski definition) is 1. The predicted molar refractivity (Wildman–Crippen MR) is 55.1 cm³/mol. The van der Waals surface area contributed by atoms with Gasteiger partial charge in [-0.15, -0.1) is 0 Å². The van der Waals surface area contributed by atoms with Crippen LogP contribution in [0.1, 0.15) is 29.5 Å². The standard InChI is InChI=1S/C12H12N2/c1-2-4-9(5-3-1)10-8-11(10)12-6-7-13-14-12/h1-7,10-11H,8H2,(H,13,14)/t10-,11+/m1/s1. The fraction of sp³-hybridized carbons (Fsp3) is 0.250. The first kappa shape index (κ1) is 7.80. The zero-order valence-electron chi connectivity index (χ0n) is 7.85. The van der Waals surface area contributed by atoms with Gasteiger partial charge in [0.2, 0.25) is 0 Å². The van der Waals surface area contributed by atoms with Crippen LogP contribution in [0.25, 0.3) is 0 Å². The molecular weight excluding hydrogens is 172 g/mol. The Morgan fingerprint density at radius 1 is 1.07 bits per heavy atom. The maximum absolute atomic E-state index is 3.99. The first-order valence-electron chi connectivity index (χ1n) is 4.99. The lowest BCUT2D eigenvalue weighted by atomic mass is 10.1. The number of hydrogen-bond acceptors (Lipinski definition) is 1. The summed E-state index contributed by atoms with van der Waals surface area (Å²) in [4.78, 5) is 0. The lowest BCUT2D eigenvalue weighted by Gasteiger charge is -1.97. The van der Waals surface area contributed by atoms with Crippen LogP contribution in [-0.2, 0) is 0 Å². The lowest BCUT2D eigenvalue weighted by molar-refractivity contribution is 0.932. The SMILES string of the molecule is c1ccc([C@H]2C[C@@H]2c2ccn[nH]2)cc1. The monoisotopic (exact) mass is 184 g/mol. The van der Waals surface area contributed by atoms with Crippen molar-refractivity contribution >= 4 is 0 Å². The first-order chi connectivity index (χ1) is 6.95. The van der Waals surface area contributed by atoms with Gasteiger partial charge in [-0.2, -0.15) is 5.10 Å². The third kappa shape index (κ3) is 1.23. The fourth-order valence-corrected chi connectivity index (χ4v) is 2.08. The van der Waals surface area contributed by atoms with E-state index < -0.39 is 0 Å². The molecule has 1 aromatic carbocycles. The highest BCUT2D eigenvalue weighted by Crippen LogP contribution is 2.53. The molecule has 0 saturated heterocycles. The van der Waals surface area contributed by atoms with Gasteiger partial charge >= 0.3 is 0 Å². The van der Waals surface area contributed by atoms with Crippen molar-refractivity contribution in [2.45, 2.75) is 18.3 Å². The van der Waals surface area contributed by atoms with Gasteiger partial charge in [0.25, 0.3) is 0 Å². The number of nitrogens with one attached hydrogen (secondary N) is 1. The number of aromatic nitrogens is 2. The van der Waals surface area contributed by atoms with Gasteiger partial charge < -0.3 is 0 Å². The van der Waals surface area contributed by atoms with Crippen molar-refractivity contribution in [1.82, 2.24) is 10.2 Å². The van der Waals surface area contributed by atoms with E-state index >= 15 is 0 Å². The molecule has 2 aromatic rings. The molecule has 1 N–H and O–H groups in total. The molecule has 2 heteroatoms. The molecule has 1 saturated carbocycles.